The minimum absolute atomic E-state index is 0.0992. The molecule has 0 amide bonds. The Morgan fingerprint density at radius 3 is 1.79 bits per heavy atom. The second-order valence-corrected chi connectivity index (χ2v) is 19.4. The fourth-order valence-corrected chi connectivity index (χ4v) is 8.90. The van der Waals surface area contributed by atoms with E-state index in [9.17, 15) is 0 Å². The summed E-state index contributed by atoms with van der Waals surface area (Å²) in [5.41, 5.74) is 0. The Labute approximate surface area is 311 Å². The number of hydrogen-bond acceptors (Lipinski definition) is 3. The summed E-state index contributed by atoms with van der Waals surface area (Å²) in [4.78, 5) is 0. The Morgan fingerprint density at radius 1 is 0.604 bits per heavy atom. The van der Waals surface area contributed by atoms with Crippen molar-refractivity contribution in [1.82, 2.24) is 0 Å². The molecule has 0 aliphatic heterocycles. The van der Waals surface area contributed by atoms with Crippen molar-refractivity contribution < 1.29 is 13.6 Å². The van der Waals surface area contributed by atoms with Gasteiger partial charge in [-0.25, -0.2) is 0 Å². The minimum atomic E-state index is -2.20. The van der Waals surface area contributed by atoms with Gasteiger partial charge in [-0.15, -0.1) is 0 Å². The molecular weight excluding hydrogens is 672 g/mol. The van der Waals surface area contributed by atoms with Crippen molar-refractivity contribution in [3.8, 4) is 0 Å². The predicted octanol–water partition coefficient (Wildman–Crippen LogP) is 15.3. The Balaban J connectivity index is 2.18. The van der Waals surface area contributed by atoms with Gasteiger partial charge in [-0.05, 0) is 83.2 Å². The Morgan fingerprint density at radius 2 is 1.15 bits per heavy atom. The van der Waals surface area contributed by atoms with E-state index in [0.717, 1.165) is 50.1 Å². The van der Waals surface area contributed by atoms with Gasteiger partial charge in [-0.2, -0.15) is 0 Å². The fourth-order valence-electron chi connectivity index (χ4n) is 6.98. The van der Waals surface area contributed by atoms with Crippen molar-refractivity contribution in [2.75, 3.05) is 18.5 Å². The van der Waals surface area contributed by atoms with Crippen LogP contribution in [0.3, 0.4) is 0 Å². The number of unbranched alkanes of at least 4 members (excludes halogenated alkanes) is 19. The Hall–Kier alpha value is 0.0569. The lowest BCUT2D eigenvalue weighted by atomic mass is 9.85. The van der Waals surface area contributed by atoms with Crippen LogP contribution in [0.4, 0.5) is 0 Å². The first-order valence-corrected chi connectivity index (χ1v) is 25.3. The van der Waals surface area contributed by atoms with Gasteiger partial charge in [0, 0.05) is 18.5 Å². The largest absolute Gasteiger partial charge is 0.394 e. The molecule has 284 valence electrons. The second-order valence-electron chi connectivity index (χ2n) is 15.3. The molecule has 1 rings (SSSR count). The van der Waals surface area contributed by atoms with E-state index in [1.807, 2.05) is 0 Å². The van der Waals surface area contributed by atoms with Crippen LogP contribution in [-0.4, -0.2) is 33.4 Å². The van der Waals surface area contributed by atoms with E-state index >= 15 is 0 Å². The van der Waals surface area contributed by atoms with Gasteiger partial charge in [-0.1, -0.05) is 182 Å². The Kier molecular flexibility index (Phi) is 34.0. The normalized spacial score (nSPS) is 15.3. The van der Waals surface area contributed by atoms with Crippen LogP contribution in [0, 0.1) is 5.92 Å². The SMILES string of the molecule is CCCCC/C=C\C/C=C\CCCCCCCCOC(CCCCCCCCCCC1CCCCC1)O[Si](C)(C)OCCCCCCBr. The summed E-state index contributed by atoms with van der Waals surface area (Å²) in [6, 6.07) is 0. The van der Waals surface area contributed by atoms with Crippen LogP contribution in [-0.2, 0) is 13.6 Å². The standard InChI is InChI=1S/C43H83BrO3Si/c1-4-5-6-7-8-9-10-11-12-13-14-15-18-21-25-33-40-45-43(47-48(2,3)46-41-34-26-24-32-39-44)38-31-23-20-17-16-19-22-28-35-42-36-29-27-30-37-42/h8-9,11-12,42-43H,4-7,10,13-41H2,1-3H3/b9-8-,12-11-. The predicted molar refractivity (Wildman–Crippen MR) is 219 cm³/mol. The average Bonchev–Trinajstić information content (AvgIpc) is 3.08. The maximum atomic E-state index is 6.59. The summed E-state index contributed by atoms with van der Waals surface area (Å²) in [5.74, 6) is 1.05. The van der Waals surface area contributed by atoms with Crippen molar-refractivity contribution in [1.29, 1.82) is 0 Å². The zero-order valence-electron chi connectivity index (χ0n) is 32.6. The van der Waals surface area contributed by atoms with E-state index in [4.69, 9.17) is 13.6 Å². The van der Waals surface area contributed by atoms with E-state index in [0.29, 0.717) is 0 Å². The lowest BCUT2D eigenvalue weighted by Crippen LogP contribution is -2.40. The first-order chi connectivity index (χ1) is 23.6. The number of rotatable bonds is 36. The molecule has 0 aromatic heterocycles. The molecule has 1 atom stereocenters. The summed E-state index contributed by atoms with van der Waals surface area (Å²) in [6.07, 6.45) is 50.5. The molecule has 1 aliphatic rings. The highest BCUT2D eigenvalue weighted by molar-refractivity contribution is 9.09. The summed E-state index contributed by atoms with van der Waals surface area (Å²) < 4.78 is 19.3. The van der Waals surface area contributed by atoms with E-state index in [-0.39, 0.29) is 6.29 Å². The van der Waals surface area contributed by atoms with Gasteiger partial charge in [0.1, 0.15) is 6.29 Å². The van der Waals surface area contributed by atoms with Crippen LogP contribution in [0.15, 0.2) is 24.3 Å². The van der Waals surface area contributed by atoms with Gasteiger partial charge in [0.25, 0.3) is 0 Å². The first kappa shape index (κ1) is 46.1. The molecule has 0 saturated heterocycles. The van der Waals surface area contributed by atoms with Crippen LogP contribution in [0.2, 0.25) is 13.1 Å². The number of alkyl halides is 1. The number of halogens is 1. The number of ether oxygens (including phenoxy) is 1. The molecule has 3 nitrogen and oxygen atoms in total. The van der Waals surface area contributed by atoms with Crippen LogP contribution < -0.4 is 0 Å². The molecule has 1 fully saturated rings. The Bertz CT molecular complexity index is 706. The first-order valence-electron chi connectivity index (χ1n) is 21.4. The summed E-state index contributed by atoms with van der Waals surface area (Å²) in [5, 5.41) is 1.10. The minimum Gasteiger partial charge on any atom is -0.394 e. The maximum absolute atomic E-state index is 6.59. The maximum Gasteiger partial charge on any atom is 0.333 e. The molecule has 0 N–H and O–H groups in total. The third-order valence-corrected chi connectivity index (χ3v) is 12.4. The molecule has 5 heteroatoms. The van der Waals surface area contributed by atoms with Gasteiger partial charge in [-0.3, -0.25) is 0 Å². The monoisotopic (exact) mass is 755 g/mol. The van der Waals surface area contributed by atoms with Crippen LogP contribution >= 0.6 is 15.9 Å². The van der Waals surface area contributed by atoms with Crippen LogP contribution in [0.25, 0.3) is 0 Å². The van der Waals surface area contributed by atoms with Crippen LogP contribution in [0.5, 0.6) is 0 Å². The number of allylic oxidation sites excluding steroid dienone is 4. The van der Waals surface area contributed by atoms with Crippen molar-refractivity contribution in [2.45, 2.75) is 225 Å². The highest BCUT2D eigenvalue weighted by Crippen LogP contribution is 2.28. The van der Waals surface area contributed by atoms with Crippen molar-refractivity contribution in [3.05, 3.63) is 24.3 Å². The van der Waals surface area contributed by atoms with Gasteiger partial charge < -0.3 is 13.6 Å². The molecule has 0 bridgehead atoms. The summed E-state index contributed by atoms with van der Waals surface area (Å²) >= 11 is 3.54. The molecule has 1 saturated carbocycles. The van der Waals surface area contributed by atoms with Gasteiger partial charge in [0.15, 0.2) is 0 Å². The van der Waals surface area contributed by atoms with Crippen molar-refractivity contribution in [2.24, 2.45) is 5.92 Å². The highest BCUT2D eigenvalue weighted by Gasteiger charge is 2.29. The summed E-state index contributed by atoms with van der Waals surface area (Å²) in [7, 11) is -2.20. The highest BCUT2D eigenvalue weighted by atomic mass is 79.9. The van der Waals surface area contributed by atoms with E-state index in [1.165, 1.54) is 173 Å². The van der Waals surface area contributed by atoms with E-state index in [2.05, 4.69) is 60.3 Å². The fraction of sp³-hybridized carbons (Fsp3) is 0.907. The van der Waals surface area contributed by atoms with E-state index < -0.39 is 8.56 Å². The topological polar surface area (TPSA) is 27.7 Å². The third kappa shape index (κ3) is 32.0. The van der Waals surface area contributed by atoms with Gasteiger partial charge in [0.2, 0.25) is 0 Å². The van der Waals surface area contributed by atoms with Gasteiger partial charge >= 0.3 is 8.56 Å². The average molecular weight is 756 g/mol. The molecule has 48 heavy (non-hydrogen) atoms. The van der Waals surface area contributed by atoms with Crippen molar-refractivity contribution in [3.63, 3.8) is 0 Å². The molecule has 0 heterocycles. The lowest BCUT2D eigenvalue weighted by Gasteiger charge is -2.29. The molecular formula is C43H83BrO3Si. The molecule has 0 aromatic carbocycles. The van der Waals surface area contributed by atoms with Crippen molar-refractivity contribution >= 4 is 24.5 Å². The molecule has 0 spiro atoms. The molecule has 1 aliphatic carbocycles. The molecule has 1 unspecified atom stereocenters. The smallest absolute Gasteiger partial charge is 0.333 e. The van der Waals surface area contributed by atoms with Gasteiger partial charge in [0.05, 0.1) is 0 Å². The van der Waals surface area contributed by atoms with E-state index in [1.54, 1.807) is 0 Å². The quantitative estimate of drug-likeness (QED) is 0.0210. The number of hydrogen-bond donors (Lipinski definition) is 0. The zero-order chi connectivity index (χ0) is 34.6. The van der Waals surface area contributed by atoms with Crippen LogP contribution in [0.1, 0.15) is 206 Å². The molecule has 0 aromatic rings. The zero-order valence-corrected chi connectivity index (χ0v) is 35.2. The lowest BCUT2D eigenvalue weighted by molar-refractivity contribution is -0.104. The summed E-state index contributed by atoms with van der Waals surface area (Å²) in [6.45, 7) is 8.32. The molecule has 0 radical (unpaired) electrons. The third-order valence-electron chi connectivity index (χ3n) is 10.1. The second kappa shape index (κ2) is 35.5.